The second-order valence-corrected chi connectivity index (χ2v) is 10.8. The SMILES string of the molecule is CCCCCCCCCCCCCl.c1ccc(P(c2ccccc2)c2ccccc2)cc1. The smallest absolute Gasteiger partial charge is 0.0223 e. The van der Waals surface area contributed by atoms with E-state index in [1.165, 1.54) is 80.1 Å². The van der Waals surface area contributed by atoms with Crippen molar-refractivity contribution in [1.29, 1.82) is 0 Å². The summed E-state index contributed by atoms with van der Waals surface area (Å²) >= 11 is 5.60. The molecule has 0 bridgehead atoms. The molecule has 0 heterocycles. The van der Waals surface area contributed by atoms with Crippen LogP contribution in [0.2, 0.25) is 0 Å². The third kappa shape index (κ3) is 10.8. The molecule has 0 spiro atoms. The van der Waals surface area contributed by atoms with Crippen molar-refractivity contribution in [2.24, 2.45) is 0 Å². The van der Waals surface area contributed by atoms with Gasteiger partial charge >= 0.3 is 0 Å². The van der Waals surface area contributed by atoms with Gasteiger partial charge in [0.15, 0.2) is 0 Å². The Balaban J connectivity index is 0.000000247. The van der Waals surface area contributed by atoms with Gasteiger partial charge in [0, 0.05) is 5.88 Å². The van der Waals surface area contributed by atoms with Gasteiger partial charge in [0.1, 0.15) is 0 Å². The molecule has 0 atom stereocenters. The minimum absolute atomic E-state index is 0.446. The first-order valence-corrected chi connectivity index (χ1v) is 14.3. The van der Waals surface area contributed by atoms with Crippen LogP contribution in [0.5, 0.6) is 0 Å². The van der Waals surface area contributed by atoms with Crippen LogP contribution in [0.4, 0.5) is 0 Å². The zero-order valence-electron chi connectivity index (χ0n) is 19.8. The first-order valence-electron chi connectivity index (χ1n) is 12.4. The highest BCUT2D eigenvalue weighted by Gasteiger charge is 2.14. The van der Waals surface area contributed by atoms with E-state index in [-0.39, 0.29) is 0 Å². The fourth-order valence-electron chi connectivity index (χ4n) is 3.76. The molecule has 0 nitrogen and oxygen atoms in total. The summed E-state index contributed by atoms with van der Waals surface area (Å²) < 4.78 is 0. The summed E-state index contributed by atoms with van der Waals surface area (Å²) in [6, 6.07) is 32.3. The van der Waals surface area contributed by atoms with Crippen LogP contribution in [0.1, 0.15) is 71.1 Å². The molecule has 0 N–H and O–H groups in total. The fraction of sp³-hybridized carbons (Fsp3) is 0.400. The van der Waals surface area contributed by atoms with E-state index in [9.17, 15) is 0 Å². The van der Waals surface area contributed by atoms with E-state index in [4.69, 9.17) is 11.6 Å². The molecular weight excluding hydrogens is 427 g/mol. The summed E-state index contributed by atoms with van der Waals surface area (Å²) in [5.41, 5.74) is 0. The fourth-order valence-corrected chi connectivity index (χ4v) is 6.25. The first-order chi connectivity index (χ1) is 15.9. The van der Waals surface area contributed by atoms with E-state index in [0.717, 1.165) is 5.88 Å². The highest BCUT2D eigenvalue weighted by atomic mass is 35.5. The van der Waals surface area contributed by atoms with Crippen LogP contribution in [0, 0.1) is 0 Å². The summed E-state index contributed by atoms with van der Waals surface area (Å²) in [4.78, 5) is 0. The van der Waals surface area contributed by atoms with Gasteiger partial charge < -0.3 is 0 Å². The van der Waals surface area contributed by atoms with Gasteiger partial charge in [0.2, 0.25) is 0 Å². The highest BCUT2D eigenvalue weighted by Crippen LogP contribution is 2.32. The zero-order valence-corrected chi connectivity index (χ0v) is 21.4. The van der Waals surface area contributed by atoms with Gasteiger partial charge in [-0.15, -0.1) is 11.6 Å². The molecule has 0 aliphatic carbocycles. The zero-order chi connectivity index (χ0) is 22.7. The van der Waals surface area contributed by atoms with Crippen LogP contribution in [0.25, 0.3) is 0 Å². The Morgan fingerprint density at radius 1 is 0.469 bits per heavy atom. The third-order valence-electron chi connectivity index (χ3n) is 5.53. The van der Waals surface area contributed by atoms with Crippen molar-refractivity contribution in [3.8, 4) is 0 Å². The molecule has 0 saturated carbocycles. The summed E-state index contributed by atoms with van der Waals surface area (Å²) in [5.74, 6) is 0.844. The van der Waals surface area contributed by atoms with Gasteiger partial charge in [0.05, 0.1) is 0 Å². The number of hydrogen-bond acceptors (Lipinski definition) is 0. The van der Waals surface area contributed by atoms with E-state index in [0.29, 0.717) is 0 Å². The van der Waals surface area contributed by atoms with Crippen molar-refractivity contribution in [3.05, 3.63) is 91.0 Å². The Labute approximate surface area is 203 Å². The predicted molar refractivity (Wildman–Crippen MR) is 148 cm³/mol. The molecule has 0 radical (unpaired) electrons. The van der Waals surface area contributed by atoms with Crippen LogP contribution in [0.15, 0.2) is 91.0 Å². The van der Waals surface area contributed by atoms with Crippen molar-refractivity contribution in [2.75, 3.05) is 5.88 Å². The van der Waals surface area contributed by atoms with Crippen molar-refractivity contribution in [2.45, 2.75) is 71.1 Å². The first kappa shape index (κ1) is 26.6. The van der Waals surface area contributed by atoms with Crippen molar-refractivity contribution in [3.63, 3.8) is 0 Å². The summed E-state index contributed by atoms with van der Waals surface area (Å²) in [5, 5.41) is 4.19. The van der Waals surface area contributed by atoms with E-state index in [1.54, 1.807) is 0 Å². The Kier molecular flexibility index (Phi) is 14.9. The average Bonchev–Trinajstić information content (AvgIpc) is 2.86. The molecule has 0 amide bonds. The molecule has 3 aromatic rings. The molecule has 0 unspecified atom stereocenters. The quantitative estimate of drug-likeness (QED) is 0.134. The summed E-state index contributed by atoms with van der Waals surface area (Å²) in [6.45, 7) is 2.27. The lowest BCUT2D eigenvalue weighted by Gasteiger charge is -2.18. The molecule has 0 fully saturated rings. The van der Waals surface area contributed by atoms with E-state index in [2.05, 4.69) is 97.9 Å². The maximum Gasteiger partial charge on any atom is 0.0223 e. The lowest BCUT2D eigenvalue weighted by molar-refractivity contribution is 0.563. The molecule has 0 aliphatic rings. The van der Waals surface area contributed by atoms with E-state index >= 15 is 0 Å². The molecular formula is C30H40ClP. The minimum Gasteiger partial charge on any atom is -0.127 e. The molecule has 0 aromatic heterocycles. The second kappa shape index (κ2) is 17.9. The Bertz CT molecular complexity index is 685. The number of benzene rings is 3. The largest absolute Gasteiger partial charge is 0.127 e. The van der Waals surface area contributed by atoms with Crippen LogP contribution >= 0.6 is 19.5 Å². The van der Waals surface area contributed by atoms with Crippen LogP contribution in [-0.2, 0) is 0 Å². The Morgan fingerprint density at radius 3 is 1.09 bits per heavy atom. The summed E-state index contributed by atoms with van der Waals surface area (Å²) in [7, 11) is -0.446. The van der Waals surface area contributed by atoms with Gasteiger partial charge in [-0.3, -0.25) is 0 Å². The van der Waals surface area contributed by atoms with E-state index < -0.39 is 7.92 Å². The standard InChI is InChI=1S/C18H15P.C12H25Cl/c1-4-10-16(11-5-1)19(17-12-6-2-7-13-17)18-14-8-3-9-15-18;1-2-3-4-5-6-7-8-9-10-11-12-13/h1-15H;2-12H2,1H3. The molecule has 0 saturated heterocycles. The molecule has 172 valence electrons. The lowest BCUT2D eigenvalue weighted by Crippen LogP contribution is -2.20. The van der Waals surface area contributed by atoms with Crippen molar-refractivity contribution < 1.29 is 0 Å². The maximum absolute atomic E-state index is 5.60. The van der Waals surface area contributed by atoms with Gasteiger partial charge in [-0.1, -0.05) is 156 Å². The Morgan fingerprint density at radius 2 is 0.781 bits per heavy atom. The van der Waals surface area contributed by atoms with Crippen molar-refractivity contribution in [1.82, 2.24) is 0 Å². The number of halogens is 1. The molecule has 32 heavy (non-hydrogen) atoms. The highest BCUT2D eigenvalue weighted by molar-refractivity contribution is 7.79. The molecule has 2 heteroatoms. The number of hydrogen-bond donors (Lipinski definition) is 0. The van der Waals surface area contributed by atoms with Gasteiger partial charge in [-0.05, 0) is 30.3 Å². The van der Waals surface area contributed by atoms with Crippen LogP contribution in [-0.4, -0.2) is 5.88 Å². The lowest BCUT2D eigenvalue weighted by atomic mass is 10.1. The van der Waals surface area contributed by atoms with Gasteiger partial charge in [-0.2, -0.15) is 0 Å². The number of unbranched alkanes of at least 4 members (excludes halogenated alkanes) is 9. The predicted octanol–water partition coefficient (Wildman–Crippen LogP) is 8.59. The normalized spacial score (nSPS) is 10.6. The summed E-state index contributed by atoms with van der Waals surface area (Å²) in [6.07, 6.45) is 13.9. The molecule has 0 aliphatic heterocycles. The van der Waals surface area contributed by atoms with Crippen LogP contribution in [0.3, 0.4) is 0 Å². The van der Waals surface area contributed by atoms with Crippen LogP contribution < -0.4 is 15.9 Å². The average molecular weight is 467 g/mol. The second-order valence-electron chi connectivity index (χ2n) is 8.21. The monoisotopic (exact) mass is 466 g/mol. The maximum atomic E-state index is 5.60. The topological polar surface area (TPSA) is 0 Å². The van der Waals surface area contributed by atoms with Gasteiger partial charge in [0.25, 0.3) is 0 Å². The minimum atomic E-state index is -0.446. The van der Waals surface area contributed by atoms with E-state index in [1.807, 2.05) is 0 Å². The van der Waals surface area contributed by atoms with Gasteiger partial charge in [-0.25, -0.2) is 0 Å². The number of rotatable bonds is 13. The third-order valence-corrected chi connectivity index (χ3v) is 8.24. The molecule has 3 rings (SSSR count). The number of alkyl halides is 1. The Hall–Kier alpha value is -1.62. The van der Waals surface area contributed by atoms with Crippen molar-refractivity contribution >= 4 is 35.4 Å². The molecule has 3 aromatic carbocycles.